The number of piperidine rings is 1. The van der Waals surface area contributed by atoms with Gasteiger partial charge in [0.15, 0.2) is 0 Å². The first-order valence-electron chi connectivity index (χ1n) is 7.23. The lowest BCUT2D eigenvalue weighted by atomic mass is 9.83. The molecular weight excluding hydrogens is 212 g/mol. The lowest BCUT2D eigenvalue weighted by molar-refractivity contribution is -0.0229. The van der Waals surface area contributed by atoms with Crippen molar-refractivity contribution in [1.29, 1.82) is 0 Å². The fourth-order valence-electron chi connectivity index (χ4n) is 3.62. The fourth-order valence-corrected chi connectivity index (χ4v) is 3.62. The normalized spacial score (nSPS) is 40.4. The summed E-state index contributed by atoms with van der Waals surface area (Å²) in [5.41, 5.74) is -0.456. The van der Waals surface area contributed by atoms with E-state index < -0.39 is 5.60 Å². The van der Waals surface area contributed by atoms with Crippen LogP contribution >= 0.6 is 0 Å². The largest absolute Gasteiger partial charge is 0.389 e. The summed E-state index contributed by atoms with van der Waals surface area (Å²) in [6.07, 6.45) is 7.54. The van der Waals surface area contributed by atoms with Crippen molar-refractivity contribution >= 4 is 0 Å². The van der Waals surface area contributed by atoms with E-state index in [-0.39, 0.29) is 0 Å². The van der Waals surface area contributed by atoms with Crippen LogP contribution in [0, 0.1) is 5.92 Å². The van der Waals surface area contributed by atoms with E-state index in [4.69, 9.17) is 0 Å². The zero-order valence-electron chi connectivity index (χ0n) is 11.4. The summed E-state index contributed by atoms with van der Waals surface area (Å²) in [4.78, 5) is 2.48. The summed E-state index contributed by atoms with van der Waals surface area (Å²) in [5, 5.41) is 13.6. The second kappa shape index (κ2) is 5.68. The number of nitrogens with one attached hydrogen (secondary N) is 1. The minimum atomic E-state index is -0.456. The van der Waals surface area contributed by atoms with Crippen LogP contribution in [0.2, 0.25) is 0 Å². The molecule has 1 aliphatic heterocycles. The first-order chi connectivity index (χ1) is 8.11. The van der Waals surface area contributed by atoms with E-state index in [2.05, 4.69) is 17.3 Å². The minimum absolute atomic E-state index is 0.456. The van der Waals surface area contributed by atoms with Gasteiger partial charge < -0.3 is 15.3 Å². The van der Waals surface area contributed by atoms with Gasteiger partial charge in [-0.25, -0.2) is 0 Å². The molecule has 17 heavy (non-hydrogen) atoms. The van der Waals surface area contributed by atoms with Gasteiger partial charge in [-0.1, -0.05) is 12.8 Å². The summed E-state index contributed by atoms with van der Waals surface area (Å²) in [6, 6.07) is 0.690. The fraction of sp³-hybridized carbons (Fsp3) is 1.00. The van der Waals surface area contributed by atoms with Crippen LogP contribution in [0.25, 0.3) is 0 Å². The predicted molar refractivity (Wildman–Crippen MR) is 71.1 cm³/mol. The molecule has 3 atom stereocenters. The quantitative estimate of drug-likeness (QED) is 0.787. The maximum atomic E-state index is 10.1. The number of hydrogen-bond acceptors (Lipinski definition) is 3. The molecule has 1 aliphatic carbocycles. The molecule has 1 saturated carbocycles. The molecule has 2 fully saturated rings. The Hall–Kier alpha value is -0.120. The average molecular weight is 240 g/mol. The Morgan fingerprint density at radius 3 is 2.76 bits per heavy atom. The highest BCUT2D eigenvalue weighted by atomic mass is 16.3. The molecule has 2 rings (SSSR count). The Labute approximate surface area is 106 Å². The van der Waals surface area contributed by atoms with E-state index in [9.17, 15) is 5.11 Å². The molecule has 100 valence electrons. The van der Waals surface area contributed by atoms with Crippen LogP contribution in [-0.2, 0) is 0 Å². The van der Waals surface area contributed by atoms with Crippen LogP contribution in [0.4, 0.5) is 0 Å². The van der Waals surface area contributed by atoms with E-state index in [1.165, 1.54) is 38.8 Å². The second-order valence-corrected chi connectivity index (χ2v) is 6.28. The maximum Gasteiger partial charge on any atom is 0.0746 e. The first-order valence-corrected chi connectivity index (χ1v) is 7.23. The third-order valence-corrected chi connectivity index (χ3v) is 4.53. The van der Waals surface area contributed by atoms with E-state index >= 15 is 0 Å². The standard InChI is InChI=1S/C14H28N2O/c1-14(17)8-5-9-16(11-14)10-12-6-3-4-7-13(12)15-2/h12-13,15,17H,3-11H2,1-2H3. The molecular formula is C14H28N2O. The van der Waals surface area contributed by atoms with Crippen molar-refractivity contribution in [3.05, 3.63) is 0 Å². The molecule has 3 unspecified atom stereocenters. The third-order valence-electron chi connectivity index (χ3n) is 4.53. The topological polar surface area (TPSA) is 35.5 Å². The van der Waals surface area contributed by atoms with Gasteiger partial charge in [0.2, 0.25) is 0 Å². The smallest absolute Gasteiger partial charge is 0.0746 e. The van der Waals surface area contributed by atoms with E-state index in [0.29, 0.717) is 6.04 Å². The molecule has 2 aliphatic rings. The first kappa shape index (κ1) is 13.3. The Balaban J connectivity index is 1.86. The second-order valence-electron chi connectivity index (χ2n) is 6.28. The van der Waals surface area contributed by atoms with Crippen LogP contribution < -0.4 is 5.32 Å². The van der Waals surface area contributed by atoms with Crippen LogP contribution in [0.15, 0.2) is 0 Å². The van der Waals surface area contributed by atoms with Gasteiger partial charge in [-0.05, 0) is 52.1 Å². The van der Waals surface area contributed by atoms with Crippen molar-refractivity contribution < 1.29 is 5.11 Å². The van der Waals surface area contributed by atoms with Gasteiger partial charge in [0, 0.05) is 19.1 Å². The molecule has 0 radical (unpaired) electrons. The maximum absolute atomic E-state index is 10.1. The third kappa shape index (κ3) is 3.67. The number of β-amino-alcohol motifs (C(OH)–C–C–N with tert-alkyl or cyclic N) is 1. The summed E-state index contributed by atoms with van der Waals surface area (Å²) in [6.45, 7) is 5.18. The molecule has 0 bridgehead atoms. The van der Waals surface area contributed by atoms with Crippen molar-refractivity contribution in [3.63, 3.8) is 0 Å². The Morgan fingerprint density at radius 1 is 1.29 bits per heavy atom. The zero-order chi connectivity index (χ0) is 12.3. The zero-order valence-corrected chi connectivity index (χ0v) is 11.4. The number of rotatable bonds is 3. The molecule has 0 aromatic heterocycles. The Kier molecular flexibility index (Phi) is 4.45. The molecule has 1 saturated heterocycles. The highest BCUT2D eigenvalue weighted by Gasteiger charge is 2.31. The molecule has 3 heteroatoms. The summed E-state index contributed by atoms with van der Waals surface area (Å²) in [7, 11) is 2.09. The van der Waals surface area contributed by atoms with Gasteiger partial charge in [-0.2, -0.15) is 0 Å². The predicted octanol–water partition coefficient (Wildman–Crippen LogP) is 1.61. The Morgan fingerprint density at radius 2 is 2.06 bits per heavy atom. The average Bonchev–Trinajstić information content (AvgIpc) is 2.28. The van der Waals surface area contributed by atoms with Crippen molar-refractivity contribution in [2.45, 2.75) is 57.1 Å². The van der Waals surface area contributed by atoms with Gasteiger partial charge in [0.05, 0.1) is 5.60 Å². The van der Waals surface area contributed by atoms with E-state index in [0.717, 1.165) is 25.3 Å². The lowest BCUT2D eigenvalue weighted by Crippen LogP contribution is -2.50. The number of nitrogens with zero attached hydrogens (tertiary/aromatic N) is 1. The van der Waals surface area contributed by atoms with Gasteiger partial charge in [0.1, 0.15) is 0 Å². The molecule has 3 nitrogen and oxygen atoms in total. The van der Waals surface area contributed by atoms with Crippen molar-refractivity contribution in [1.82, 2.24) is 10.2 Å². The summed E-state index contributed by atoms with van der Waals surface area (Å²) >= 11 is 0. The van der Waals surface area contributed by atoms with E-state index in [1.54, 1.807) is 0 Å². The Bertz CT molecular complexity index is 242. The van der Waals surface area contributed by atoms with Crippen molar-refractivity contribution in [2.24, 2.45) is 5.92 Å². The molecule has 0 aromatic carbocycles. The van der Waals surface area contributed by atoms with E-state index in [1.807, 2.05) is 6.92 Å². The SMILES string of the molecule is CNC1CCCCC1CN1CCCC(C)(O)C1. The van der Waals surface area contributed by atoms with Crippen molar-refractivity contribution in [3.8, 4) is 0 Å². The van der Waals surface area contributed by atoms with Crippen molar-refractivity contribution in [2.75, 3.05) is 26.7 Å². The van der Waals surface area contributed by atoms with Gasteiger partial charge in [-0.15, -0.1) is 0 Å². The molecule has 2 N–H and O–H groups in total. The minimum Gasteiger partial charge on any atom is -0.389 e. The molecule has 0 spiro atoms. The number of aliphatic hydroxyl groups is 1. The summed E-state index contributed by atoms with van der Waals surface area (Å²) < 4.78 is 0. The van der Waals surface area contributed by atoms with Crippen LogP contribution in [0.5, 0.6) is 0 Å². The summed E-state index contributed by atoms with van der Waals surface area (Å²) in [5.74, 6) is 0.780. The van der Waals surface area contributed by atoms with Gasteiger partial charge >= 0.3 is 0 Å². The van der Waals surface area contributed by atoms with Gasteiger partial charge in [-0.3, -0.25) is 0 Å². The van der Waals surface area contributed by atoms with Gasteiger partial charge in [0.25, 0.3) is 0 Å². The highest BCUT2D eigenvalue weighted by molar-refractivity contribution is 4.87. The number of hydrogen-bond donors (Lipinski definition) is 2. The van der Waals surface area contributed by atoms with Crippen LogP contribution in [-0.4, -0.2) is 48.3 Å². The monoisotopic (exact) mass is 240 g/mol. The van der Waals surface area contributed by atoms with Crippen LogP contribution in [0.3, 0.4) is 0 Å². The lowest BCUT2D eigenvalue weighted by Gasteiger charge is -2.41. The number of likely N-dealkylation sites (tertiary alicyclic amines) is 1. The van der Waals surface area contributed by atoms with Crippen LogP contribution in [0.1, 0.15) is 45.4 Å². The molecule has 0 aromatic rings. The molecule has 0 amide bonds. The highest BCUT2D eigenvalue weighted by Crippen LogP contribution is 2.27. The molecule has 1 heterocycles.